The Labute approximate surface area is 219 Å². The normalized spacial score (nSPS) is 12.7. The van der Waals surface area contributed by atoms with Gasteiger partial charge >= 0.3 is 6.09 Å². The molecule has 37 heavy (non-hydrogen) atoms. The van der Waals surface area contributed by atoms with E-state index in [1.54, 1.807) is 32.9 Å². The molecule has 2 unspecified atom stereocenters. The highest BCUT2D eigenvalue weighted by Crippen LogP contribution is 2.27. The summed E-state index contributed by atoms with van der Waals surface area (Å²) in [6.45, 7) is 12.5. The van der Waals surface area contributed by atoms with Crippen molar-refractivity contribution >= 4 is 17.9 Å². The largest absolute Gasteiger partial charge is 0.508 e. The number of rotatable bonds is 8. The van der Waals surface area contributed by atoms with Crippen LogP contribution in [0.25, 0.3) is 0 Å². The second-order valence-corrected chi connectivity index (χ2v) is 10.3. The van der Waals surface area contributed by atoms with Crippen molar-refractivity contribution < 1.29 is 24.2 Å². The highest BCUT2D eigenvalue weighted by atomic mass is 16.6. The molecule has 3 amide bonds. The van der Waals surface area contributed by atoms with Gasteiger partial charge in [-0.3, -0.25) is 14.5 Å². The Morgan fingerprint density at radius 2 is 1.68 bits per heavy atom. The highest BCUT2D eigenvalue weighted by Gasteiger charge is 2.37. The minimum absolute atomic E-state index is 0.0574. The first kappa shape index (κ1) is 29.2. The molecule has 0 aliphatic carbocycles. The molecule has 2 aromatic rings. The summed E-state index contributed by atoms with van der Waals surface area (Å²) in [6.07, 6.45) is 5.11. The van der Waals surface area contributed by atoms with Gasteiger partial charge in [-0.15, -0.1) is 0 Å². The third kappa shape index (κ3) is 8.57. The van der Waals surface area contributed by atoms with Gasteiger partial charge in [-0.25, -0.2) is 4.79 Å². The predicted octanol–water partition coefficient (Wildman–Crippen LogP) is 4.13. The van der Waals surface area contributed by atoms with Gasteiger partial charge in [0.05, 0.1) is 0 Å². The first-order valence-corrected chi connectivity index (χ1v) is 12.2. The first-order chi connectivity index (χ1) is 17.2. The van der Waals surface area contributed by atoms with Crippen molar-refractivity contribution in [1.82, 2.24) is 15.5 Å². The Bertz CT molecular complexity index is 1160. The number of nitrogens with zero attached hydrogens (tertiary/aromatic N) is 1. The molecule has 0 bridgehead atoms. The van der Waals surface area contributed by atoms with Gasteiger partial charge in [0, 0.05) is 18.5 Å². The third-order valence-corrected chi connectivity index (χ3v) is 5.41. The fraction of sp³-hybridized carbons (Fsp3) is 0.414. The van der Waals surface area contributed by atoms with E-state index in [4.69, 9.17) is 11.2 Å². The standard InChI is InChI=1S/C29H37N3O5/c1-9-32(25(26(34)30-18(2)3)23-16-19(4)10-11-20(23)5)27(35)24(31-28(36)37-29(6,7)8)17-21-12-14-22(33)15-13-21/h1,10-16,18,24-25,33H,17H2,2-8H3,(H,30,34)(H,31,36). The minimum Gasteiger partial charge on any atom is -0.508 e. The molecule has 0 fully saturated rings. The summed E-state index contributed by atoms with van der Waals surface area (Å²) in [5.74, 6) is -1.01. The van der Waals surface area contributed by atoms with Crippen LogP contribution in [0.1, 0.15) is 62.9 Å². The SMILES string of the molecule is C#CN(C(=O)C(Cc1ccc(O)cc1)NC(=O)OC(C)(C)C)C(C(=O)NC(C)C)c1cc(C)ccc1C. The first-order valence-electron chi connectivity index (χ1n) is 12.2. The maximum absolute atomic E-state index is 13.9. The van der Waals surface area contributed by atoms with Crippen LogP contribution < -0.4 is 10.6 Å². The fourth-order valence-corrected chi connectivity index (χ4v) is 3.77. The lowest BCUT2D eigenvalue weighted by Gasteiger charge is -2.31. The number of ether oxygens (including phenoxy) is 1. The number of hydrogen-bond donors (Lipinski definition) is 3. The van der Waals surface area contributed by atoms with E-state index in [9.17, 15) is 19.5 Å². The zero-order valence-electron chi connectivity index (χ0n) is 22.6. The average Bonchev–Trinajstić information content (AvgIpc) is 2.78. The van der Waals surface area contributed by atoms with Gasteiger partial charge in [0.2, 0.25) is 5.91 Å². The molecule has 3 N–H and O–H groups in total. The van der Waals surface area contributed by atoms with Crippen molar-refractivity contribution in [1.29, 1.82) is 0 Å². The van der Waals surface area contributed by atoms with Gasteiger partial charge in [-0.2, -0.15) is 0 Å². The number of hydrogen-bond acceptors (Lipinski definition) is 5. The van der Waals surface area contributed by atoms with Crippen molar-refractivity contribution in [2.75, 3.05) is 0 Å². The molecule has 0 aliphatic rings. The maximum Gasteiger partial charge on any atom is 0.408 e. The van der Waals surface area contributed by atoms with E-state index in [0.717, 1.165) is 16.0 Å². The van der Waals surface area contributed by atoms with E-state index in [1.165, 1.54) is 12.1 Å². The zero-order chi connectivity index (χ0) is 27.9. The smallest absolute Gasteiger partial charge is 0.408 e. The number of alkyl carbamates (subject to hydrolysis) is 1. The average molecular weight is 508 g/mol. The van der Waals surface area contributed by atoms with E-state index < -0.39 is 35.6 Å². The van der Waals surface area contributed by atoms with Gasteiger partial charge < -0.3 is 20.5 Å². The van der Waals surface area contributed by atoms with Crippen molar-refractivity contribution in [3.05, 3.63) is 64.7 Å². The maximum atomic E-state index is 13.9. The Hall–Kier alpha value is -3.99. The van der Waals surface area contributed by atoms with Gasteiger partial charge in [-0.1, -0.05) is 42.3 Å². The molecule has 0 saturated carbocycles. The summed E-state index contributed by atoms with van der Waals surface area (Å²) in [7, 11) is 0. The summed E-state index contributed by atoms with van der Waals surface area (Å²) in [6, 6.07) is 11.8. The van der Waals surface area contributed by atoms with Crippen molar-refractivity contribution in [2.45, 2.75) is 78.6 Å². The minimum atomic E-state index is -1.14. The van der Waals surface area contributed by atoms with Gasteiger partial charge in [0.1, 0.15) is 23.4 Å². The number of benzene rings is 2. The number of carbonyl (C=O) groups excluding carboxylic acids is 3. The van der Waals surface area contributed by atoms with Crippen LogP contribution >= 0.6 is 0 Å². The van der Waals surface area contributed by atoms with Crippen LogP contribution in [0.2, 0.25) is 0 Å². The molecule has 0 aromatic heterocycles. The molecule has 0 aliphatic heterocycles. The number of aryl methyl sites for hydroxylation is 2. The molecule has 0 radical (unpaired) electrons. The Morgan fingerprint density at radius 1 is 1.05 bits per heavy atom. The summed E-state index contributed by atoms with van der Waals surface area (Å²) in [5, 5.41) is 15.1. The van der Waals surface area contributed by atoms with Crippen LogP contribution in [0.5, 0.6) is 5.75 Å². The van der Waals surface area contributed by atoms with E-state index in [-0.39, 0.29) is 18.2 Å². The van der Waals surface area contributed by atoms with Crippen LogP contribution in [0, 0.1) is 26.3 Å². The number of phenols is 1. The molecular formula is C29H37N3O5. The van der Waals surface area contributed by atoms with Crippen LogP contribution in [-0.4, -0.2) is 45.6 Å². The highest BCUT2D eigenvalue weighted by molar-refractivity contribution is 5.93. The summed E-state index contributed by atoms with van der Waals surface area (Å²) >= 11 is 0. The lowest BCUT2D eigenvalue weighted by molar-refractivity contribution is -0.138. The van der Waals surface area contributed by atoms with Gasteiger partial charge in [0.25, 0.3) is 5.91 Å². The Morgan fingerprint density at radius 3 is 2.22 bits per heavy atom. The number of carbonyl (C=O) groups is 3. The number of nitrogens with one attached hydrogen (secondary N) is 2. The summed E-state index contributed by atoms with van der Waals surface area (Å²) in [4.78, 5) is 41.0. The molecule has 0 spiro atoms. The molecule has 2 aromatic carbocycles. The van der Waals surface area contributed by atoms with Gasteiger partial charge in [-0.05, 0) is 77.3 Å². The predicted molar refractivity (Wildman–Crippen MR) is 143 cm³/mol. The lowest BCUT2D eigenvalue weighted by Crippen LogP contribution is -2.52. The van der Waals surface area contributed by atoms with Gasteiger partial charge in [0.15, 0.2) is 0 Å². The van der Waals surface area contributed by atoms with Crippen molar-refractivity contribution in [2.24, 2.45) is 0 Å². The quantitative estimate of drug-likeness (QED) is 0.368. The topological polar surface area (TPSA) is 108 Å². The molecule has 0 saturated heterocycles. The summed E-state index contributed by atoms with van der Waals surface area (Å²) < 4.78 is 5.38. The van der Waals surface area contributed by atoms with Crippen LogP contribution in [0.4, 0.5) is 4.79 Å². The van der Waals surface area contributed by atoms with Crippen molar-refractivity contribution in [3.8, 4) is 18.2 Å². The number of terminal acetylenes is 1. The molecule has 2 atom stereocenters. The number of amides is 3. The molecule has 8 heteroatoms. The third-order valence-electron chi connectivity index (χ3n) is 5.41. The number of phenolic OH excluding ortho intramolecular Hbond substituents is 1. The zero-order valence-corrected chi connectivity index (χ0v) is 22.6. The Balaban J connectivity index is 2.54. The molecule has 0 heterocycles. The summed E-state index contributed by atoms with van der Waals surface area (Å²) in [5.41, 5.74) is 2.15. The van der Waals surface area contributed by atoms with E-state index in [1.807, 2.05) is 45.9 Å². The van der Waals surface area contributed by atoms with E-state index in [0.29, 0.717) is 11.1 Å². The molecule has 8 nitrogen and oxygen atoms in total. The van der Waals surface area contributed by atoms with E-state index in [2.05, 4.69) is 16.7 Å². The monoisotopic (exact) mass is 507 g/mol. The van der Waals surface area contributed by atoms with Crippen LogP contribution in [0.3, 0.4) is 0 Å². The Kier molecular flexibility index (Phi) is 9.73. The molecule has 198 valence electrons. The molecular weight excluding hydrogens is 470 g/mol. The second kappa shape index (κ2) is 12.3. The van der Waals surface area contributed by atoms with Crippen LogP contribution in [-0.2, 0) is 20.7 Å². The molecule has 2 rings (SSSR count). The number of aromatic hydroxyl groups is 1. The lowest BCUT2D eigenvalue weighted by atomic mass is 9.95. The fourth-order valence-electron chi connectivity index (χ4n) is 3.77. The van der Waals surface area contributed by atoms with Crippen molar-refractivity contribution in [3.63, 3.8) is 0 Å². The van der Waals surface area contributed by atoms with E-state index >= 15 is 0 Å². The second-order valence-electron chi connectivity index (χ2n) is 10.3. The van der Waals surface area contributed by atoms with Crippen LogP contribution in [0.15, 0.2) is 42.5 Å².